The van der Waals surface area contributed by atoms with Crippen molar-refractivity contribution < 1.29 is 9.53 Å². The molecule has 0 aliphatic rings. The fraction of sp³-hybridized carbons (Fsp3) is 0.368. The average Bonchev–Trinajstić information content (AvgIpc) is 3.21. The second-order valence-corrected chi connectivity index (χ2v) is 6.35. The molecule has 1 aromatic carbocycles. The van der Waals surface area contributed by atoms with Gasteiger partial charge in [0.25, 0.3) is 5.91 Å². The largest absolute Gasteiger partial charge is 0.479 e. The first-order chi connectivity index (χ1) is 13.1. The SMILES string of the molecule is COc1c(C(=O)NCCCn2nc(C)cc2C)nnn1Cc1ccccc1. The monoisotopic (exact) mass is 368 g/mol. The lowest BCUT2D eigenvalue weighted by Gasteiger charge is -2.08. The maximum absolute atomic E-state index is 12.4. The van der Waals surface area contributed by atoms with Gasteiger partial charge in [0.05, 0.1) is 19.3 Å². The number of ether oxygens (including phenoxy) is 1. The predicted octanol–water partition coefficient (Wildman–Crippen LogP) is 1.97. The molecule has 0 spiro atoms. The number of hydrogen-bond acceptors (Lipinski definition) is 5. The molecule has 3 rings (SSSR count). The van der Waals surface area contributed by atoms with E-state index in [1.165, 1.54) is 7.11 Å². The minimum Gasteiger partial charge on any atom is -0.479 e. The topological polar surface area (TPSA) is 86.9 Å². The lowest BCUT2D eigenvalue weighted by atomic mass is 10.2. The van der Waals surface area contributed by atoms with Crippen LogP contribution in [0, 0.1) is 13.8 Å². The van der Waals surface area contributed by atoms with Gasteiger partial charge in [-0.3, -0.25) is 9.48 Å². The number of hydrogen-bond donors (Lipinski definition) is 1. The third kappa shape index (κ3) is 4.52. The first-order valence-corrected chi connectivity index (χ1v) is 8.89. The van der Waals surface area contributed by atoms with Crippen molar-refractivity contribution in [2.75, 3.05) is 13.7 Å². The van der Waals surface area contributed by atoms with E-state index in [0.29, 0.717) is 19.0 Å². The van der Waals surface area contributed by atoms with Gasteiger partial charge in [-0.1, -0.05) is 35.5 Å². The van der Waals surface area contributed by atoms with E-state index in [1.54, 1.807) is 4.68 Å². The van der Waals surface area contributed by atoms with Crippen molar-refractivity contribution >= 4 is 5.91 Å². The Kier molecular flexibility index (Phi) is 5.85. The number of rotatable bonds is 8. The summed E-state index contributed by atoms with van der Waals surface area (Å²) in [7, 11) is 1.51. The molecule has 1 N–H and O–H groups in total. The van der Waals surface area contributed by atoms with Crippen molar-refractivity contribution in [3.63, 3.8) is 0 Å². The molecule has 0 bridgehead atoms. The Morgan fingerprint density at radius 3 is 2.63 bits per heavy atom. The summed E-state index contributed by atoms with van der Waals surface area (Å²) in [6, 6.07) is 11.9. The maximum atomic E-state index is 12.4. The number of nitrogens with zero attached hydrogens (tertiary/aromatic N) is 5. The molecule has 27 heavy (non-hydrogen) atoms. The van der Waals surface area contributed by atoms with Gasteiger partial charge in [-0.2, -0.15) is 5.10 Å². The molecule has 142 valence electrons. The molecule has 0 fully saturated rings. The number of nitrogens with one attached hydrogen (secondary N) is 1. The summed E-state index contributed by atoms with van der Waals surface area (Å²) in [5, 5.41) is 15.3. The number of carbonyl (C=O) groups excluding carboxylic acids is 1. The second-order valence-electron chi connectivity index (χ2n) is 6.35. The molecule has 0 saturated heterocycles. The Morgan fingerprint density at radius 2 is 1.96 bits per heavy atom. The Labute approximate surface area is 158 Å². The van der Waals surface area contributed by atoms with Crippen LogP contribution < -0.4 is 10.1 Å². The summed E-state index contributed by atoms with van der Waals surface area (Å²) in [4.78, 5) is 12.4. The Morgan fingerprint density at radius 1 is 1.19 bits per heavy atom. The fourth-order valence-corrected chi connectivity index (χ4v) is 2.92. The van der Waals surface area contributed by atoms with Crippen molar-refractivity contribution in [3.8, 4) is 5.88 Å². The second kappa shape index (κ2) is 8.48. The zero-order valence-corrected chi connectivity index (χ0v) is 15.8. The van der Waals surface area contributed by atoms with Gasteiger partial charge in [-0.05, 0) is 31.9 Å². The van der Waals surface area contributed by atoms with Crippen molar-refractivity contribution in [3.05, 3.63) is 59.0 Å². The average molecular weight is 368 g/mol. The normalized spacial score (nSPS) is 10.8. The van der Waals surface area contributed by atoms with Gasteiger partial charge in [-0.25, -0.2) is 4.68 Å². The quantitative estimate of drug-likeness (QED) is 0.614. The lowest BCUT2D eigenvalue weighted by Crippen LogP contribution is -2.26. The van der Waals surface area contributed by atoms with Crippen LogP contribution in [0.2, 0.25) is 0 Å². The number of aryl methyl sites for hydroxylation is 3. The van der Waals surface area contributed by atoms with Crippen LogP contribution in [0.5, 0.6) is 5.88 Å². The van der Waals surface area contributed by atoms with Crippen LogP contribution in [0.25, 0.3) is 0 Å². The summed E-state index contributed by atoms with van der Waals surface area (Å²) >= 11 is 0. The van der Waals surface area contributed by atoms with Crippen LogP contribution in [-0.2, 0) is 13.1 Å². The lowest BCUT2D eigenvalue weighted by molar-refractivity contribution is 0.0944. The molecule has 0 atom stereocenters. The molecule has 0 saturated carbocycles. The van der Waals surface area contributed by atoms with E-state index < -0.39 is 0 Å². The van der Waals surface area contributed by atoms with E-state index in [0.717, 1.165) is 29.9 Å². The Balaban J connectivity index is 1.57. The van der Waals surface area contributed by atoms with Crippen LogP contribution in [0.4, 0.5) is 0 Å². The summed E-state index contributed by atoms with van der Waals surface area (Å²) in [6.07, 6.45) is 0.772. The molecule has 8 heteroatoms. The van der Waals surface area contributed by atoms with Crippen molar-refractivity contribution in [2.24, 2.45) is 0 Å². The van der Waals surface area contributed by atoms with Crippen LogP contribution >= 0.6 is 0 Å². The number of benzene rings is 1. The molecule has 8 nitrogen and oxygen atoms in total. The van der Waals surface area contributed by atoms with Crippen molar-refractivity contribution in [2.45, 2.75) is 33.4 Å². The smallest absolute Gasteiger partial charge is 0.277 e. The van der Waals surface area contributed by atoms with E-state index in [-0.39, 0.29) is 11.6 Å². The zero-order chi connectivity index (χ0) is 19.2. The molecule has 2 heterocycles. The van der Waals surface area contributed by atoms with Crippen LogP contribution in [0.15, 0.2) is 36.4 Å². The minimum atomic E-state index is -0.292. The molecule has 0 aliphatic carbocycles. The maximum Gasteiger partial charge on any atom is 0.277 e. The third-order valence-corrected chi connectivity index (χ3v) is 4.21. The summed E-state index contributed by atoms with van der Waals surface area (Å²) in [5.41, 5.74) is 3.36. The van der Waals surface area contributed by atoms with Gasteiger partial charge in [-0.15, -0.1) is 5.10 Å². The summed E-state index contributed by atoms with van der Waals surface area (Å²) in [5.74, 6) is 0.0643. The van der Waals surface area contributed by atoms with Crippen LogP contribution in [-0.4, -0.2) is 44.3 Å². The molecule has 2 aromatic heterocycles. The van der Waals surface area contributed by atoms with E-state index in [1.807, 2.05) is 54.9 Å². The number of amides is 1. The van der Waals surface area contributed by atoms with Crippen molar-refractivity contribution in [1.29, 1.82) is 0 Å². The summed E-state index contributed by atoms with van der Waals surface area (Å²) in [6.45, 7) is 5.75. The molecular formula is C19H24N6O2. The Bertz CT molecular complexity index is 900. The fourth-order valence-electron chi connectivity index (χ4n) is 2.92. The van der Waals surface area contributed by atoms with E-state index in [2.05, 4.69) is 20.7 Å². The molecule has 0 aliphatic heterocycles. The van der Waals surface area contributed by atoms with Gasteiger partial charge in [0, 0.05) is 18.8 Å². The van der Waals surface area contributed by atoms with Gasteiger partial charge in [0.2, 0.25) is 11.6 Å². The van der Waals surface area contributed by atoms with Gasteiger partial charge >= 0.3 is 0 Å². The molecule has 3 aromatic rings. The highest BCUT2D eigenvalue weighted by Crippen LogP contribution is 2.16. The molecule has 0 unspecified atom stereocenters. The molecule has 0 radical (unpaired) electrons. The highest BCUT2D eigenvalue weighted by Gasteiger charge is 2.20. The van der Waals surface area contributed by atoms with Gasteiger partial charge < -0.3 is 10.1 Å². The molecule has 1 amide bonds. The van der Waals surface area contributed by atoms with Crippen LogP contribution in [0.1, 0.15) is 33.9 Å². The first-order valence-electron chi connectivity index (χ1n) is 8.89. The number of aromatic nitrogens is 5. The van der Waals surface area contributed by atoms with E-state index in [9.17, 15) is 4.79 Å². The van der Waals surface area contributed by atoms with E-state index >= 15 is 0 Å². The standard InChI is InChI=1S/C19H24N6O2/c1-14-12-15(2)24(22-14)11-7-10-20-18(26)17-19(27-3)25(23-21-17)13-16-8-5-4-6-9-16/h4-6,8-9,12H,7,10-11,13H2,1-3H3,(H,20,26). The third-order valence-electron chi connectivity index (χ3n) is 4.21. The zero-order valence-electron chi connectivity index (χ0n) is 15.8. The highest BCUT2D eigenvalue weighted by atomic mass is 16.5. The van der Waals surface area contributed by atoms with Crippen LogP contribution in [0.3, 0.4) is 0 Å². The number of methoxy groups -OCH3 is 1. The molecular weight excluding hydrogens is 344 g/mol. The minimum absolute atomic E-state index is 0.194. The van der Waals surface area contributed by atoms with Crippen molar-refractivity contribution in [1.82, 2.24) is 30.1 Å². The number of carbonyl (C=O) groups is 1. The summed E-state index contributed by atoms with van der Waals surface area (Å²) < 4.78 is 8.89. The Hall–Kier alpha value is -3.16. The predicted molar refractivity (Wildman–Crippen MR) is 101 cm³/mol. The van der Waals surface area contributed by atoms with Gasteiger partial charge in [0.15, 0.2) is 0 Å². The van der Waals surface area contributed by atoms with E-state index in [4.69, 9.17) is 4.74 Å². The highest BCUT2D eigenvalue weighted by molar-refractivity contribution is 5.94. The first kappa shape index (κ1) is 18.6. The van der Waals surface area contributed by atoms with Gasteiger partial charge in [0.1, 0.15) is 0 Å².